The molecular formula is C13H18N4OS. The van der Waals surface area contributed by atoms with E-state index in [1.807, 2.05) is 0 Å². The van der Waals surface area contributed by atoms with Gasteiger partial charge in [-0.05, 0) is 31.6 Å². The van der Waals surface area contributed by atoms with Gasteiger partial charge in [0.05, 0.1) is 5.69 Å². The highest BCUT2D eigenvalue weighted by atomic mass is 32.2. The Morgan fingerprint density at radius 1 is 1.32 bits per heavy atom. The number of H-pyrrole nitrogens is 1. The molecule has 0 aromatic carbocycles. The van der Waals surface area contributed by atoms with Crippen molar-refractivity contribution < 1.29 is 0 Å². The molecule has 0 radical (unpaired) electrons. The molecule has 0 atom stereocenters. The summed E-state index contributed by atoms with van der Waals surface area (Å²) in [6.07, 6.45) is 3.95. The number of thioether (sulfide) groups is 1. The summed E-state index contributed by atoms with van der Waals surface area (Å²) in [6, 6.07) is 0. The summed E-state index contributed by atoms with van der Waals surface area (Å²) in [5.74, 6) is 2.09. The molecule has 0 saturated carbocycles. The first-order valence-electron chi connectivity index (χ1n) is 6.78. The zero-order valence-corrected chi connectivity index (χ0v) is 12.1. The standard InChI is InChI=1S/C13H18N4OS/c1-8(2)7-19-13-15-12-14-10-6-4-3-5-9(10)11(18)17(12)16-13/h8H,3-7H2,1-2H3,(H,14,15,16). The highest BCUT2D eigenvalue weighted by Crippen LogP contribution is 2.19. The molecule has 6 heteroatoms. The second-order valence-electron chi connectivity index (χ2n) is 5.42. The Morgan fingerprint density at radius 2 is 2.11 bits per heavy atom. The molecule has 0 aliphatic heterocycles. The van der Waals surface area contributed by atoms with Gasteiger partial charge in [0.15, 0.2) is 5.16 Å². The largest absolute Gasteiger partial charge is 0.277 e. The van der Waals surface area contributed by atoms with Gasteiger partial charge in [0.1, 0.15) is 0 Å². The molecule has 2 aromatic rings. The Hall–Kier alpha value is -1.30. The molecule has 2 heterocycles. The van der Waals surface area contributed by atoms with Crippen molar-refractivity contribution in [1.29, 1.82) is 0 Å². The molecule has 5 nitrogen and oxygen atoms in total. The molecule has 102 valence electrons. The molecule has 1 aliphatic rings. The monoisotopic (exact) mass is 278 g/mol. The minimum Gasteiger partial charge on any atom is -0.267 e. The van der Waals surface area contributed by atoms with Crippen LogP contribution in [0.2, 0.25) is 0 Å². The van der Waals surface area contributed by atoms with Crippen LogP contribution in [0.3, 0.4) is 0 Å². The summed E-state index contributed by atoms with van der Waals surface area (Å²) in [5.41, 5.74) is 1.85. The maximum absolute atomic E-state index is 12.4. The maximum Gasteiger partial charge on any atom is 0.277 e. The third-order valence-electron chi connectivity index (χ3n) is 3.30. The predicted molar refractivity (Wildman–Crippen MR) is 75.8 cm³/mol. The van der Waals surface area contributed by atoms with Crippen LogP contribution in [0.25, 0.3) is 5.78 Å². The van der Waals surface area contributed by atoms with Gasteiger partial charge in [-0.15, -0.1) is 0 Å². The molecule has 1 N–H and O–H groups in total. The molecule has 0 unspecified atom stereocenters. The fourth-order valence-corrected chi connectivity index (χ4v) is 3.13. The molecule has 19 heavy (non-hydrogen) atoms. The van der Waals surface area contributed by atoms with Gasteiger partial charge in [0.25, 0.3) is 11.3 Å². The molecule has 0 fully saturated rings. The molecule has 2 aromatic heterocycles. The average molecular weight is 278 g/mol. The topological polar surface area (TPSA) is 63.1 Å². The molecule has 3 rings (SSSR count). The van der Waals surface area contributed by atoms with Gasteiger partial charge in [0, 0.05) is 11.3 Å². The van der Waals surface area contributed by atoms with Gasteiger partial charge in [-0.3, -0.25) is 9.89 Å². The van der Waals surface area contributed by atoms with Crippen LogP contribution in [-0.4, -0.2) is 25.3 Å². The van der Waals surface area contributed by atoms with Crippen molar-refractivity contribution in [3.63, 3.8) is 0 Å². The van der Waals surface area contributed by atoms with Crippen LogP contribution in [0.15, 0.2) is 9.95 Å². The van der Waals surface area contributed by atoms with Gasteiger partial charge >= 0.3 is 0 Å². The number of hydrogen-bond acceptors (Lipinski definition) is 4. The van der Waals surface area contributed by atoms with Crippen LogP contribution in [0.1, 0.15) is 37.9 Å². The van der Waals surface area contributed by atoms with E-state index < -0.39 is 0 Å². The van der Waals surface area contributed by atoms with Crippen LogP contribution in [0, 0.1) is 5.92 Å². The number of nitrogens with zero attached hydrogens (tertiary/aromatic N) is 3. The van der Waals surface area contributed by atoms with Crippen LogP contribution in [-0.2, 0) is 12.8 Å². The first-order valence-corrected chi connectivity index (χ1v) is 7.77. The summed E-state index contributed by atoms with van der Waals surface area (Å²) in [7, 11) is 0. The number of nitrogens with one attached hydrogen (secondary N) is 1. The Labute approximate surface area is 115 Å². The van der Waals surface area contributed by atoms with Crippen LogP contribution < -0.4 is 5.56 Å². The molecule has 0 saturated heterocycles. The van der Waals surface area contributed by atoms with Crippen LogP contribution in [0.5, 0.6) is 0 Å². The zero-order chi connectivity index (χ0) is 13.4. The Bertz CT molecular complexity index is 658. The van der Waals surface area contributed by atoms with Crippen molar-refractivity contribution in [1.82, 2.24) is 19.6 Å². The SMILES string of the molecule is CC(C)CSc1nc2nc3c(c(=O)n2[nH]1)CCCC3. The molecule has 0 spiro atoms. The van der Waals surface area contributed by atoms with E-state index in [0.717, 1.165) is 47.8 Å². The van der Waals surface area contributed by atoms with E-state index in [0.29, 0.717) is 11.7 Å². The van der Waals surface area contributed by atoms with Gasteiger partial charge in [-0.2, -0.15) is 9.50 Å². The number of aromatic amines is 1. The summed E-state index contributed by atoms with van der Waals surface area (Å²) >= 11 is 1.64. The lowest BCUT2D eigenvalue weighted by atomic mass is 9.97. The molecular weight excluding hydrogens is 260 g/mol. The van der Waals surface area contributed by atoms with Crippen LogP contribution in [0.4, 0.5) is 0 Å². The van der Waals surface area contributed by atoms with Crippen molar-refractivity contribution in [2.75, 3.05) is 5.75 Å². The Kier molecular flexibility index (Phi) is 3.35. The maximum atomic E-state index is 12.4. The fraction of sp³-hybridized carbons (Fsp3) is 0.615. The van der Waals surface area contributed by atoms with Crippen molar-refractivity contribution in [3.05, 3.63) is 21.6 Å². The van der Waals surface area contributed by atoms with Crippen molar-refractivity contribution in [2.24, 2.45) is 5.92 Å². The van der Waals surface area contributed by atoms with Crippen molar-refractivity contribution >= 4 is 17.5 Å². The summed E-state index contributed by atoms with van der Waals surface area (Å²) in [5, 5.41) is 3.84. The average Bonchev–Trinajstić information content (AvgIpc) is 2.80. The third-order valence-corrected chi connectivity index (χ3v) is 4.59. The van der Waals surface area contributed by atoms with Gasteiger partial charge in [-0.1, -0.05) is 25.6 Å². The molecule has 0 bridgehead atoms. The second kappa shape index (κ2) is 5.00. The lowest BCUT2D eigenvalue weighted by molar-refractivity contribution is 0.649. The summed E-state index contributed by atoms with van der Waals surface area (Å²) in [6.45, 7) is 4.33. The Morgan fingerprint density at radius 3 is 2.89 bits per heavy atom. The lowest BCUT2D eigenvalue weighted by Gasteiger charge is -2.12. The van der Waals surface area contributed by atoms with Crippen molar-refractivity contribution in [3.8, 4) is 0 Å². The number of fused-ring (bicyclic) bond motifs is 2. The molecule has 1 aliphatic carbocycles. The summed E-state index contributed by atoms with van der Waals surface area (Å²) < 4.78 is 1.49. The van der Waals surface area contributed by atoms with Gasteiger partial charge in [-0.25, -0.2) is 4.98 Å². The zero-order valence-electron chi connectivity index (χ0n) is 11.3. The first-order chi connectivity index (χ1) is 9.15. The normalized spacial score (nSPS) is 15.1. The van der Waals surface area contributed by atoms with Crippen LogP contribution >= 0.6 is 11.8 Å². The highest BCUT2D eigenvalue weighted by molar-refractivity contribution is 7.99. The number of hydrogen-bond donors (Lipinski definition) is 1. The lowest BCUT2D eigenvalue weighted by Crippen LogP contribution is -2.25. The highest BCUT2D eigenvalue weighted by Gasteiger charge is 2.18. The minimum atomic E-state index is 0.0311. The van der Waals surface area contributed by atoms with E-state index in [2.05, 4.69) is 28.9 Å². The number of aryl methyl sites for hydroxylation is 1. The van der Waals surface area contributed by atoms with E-state index in [4.69, 9.17) is 0 Å². The predicted octanol–water partition coefficient (Wildman–Crippen LogP) is 2.04. The fourth-order valence-electron chi connectivity index (χ4n) is 2.34. The van der Waals surface area contributed by atoms with E-state index in [-0.39, 0.29) is 5.56 Å². The van der Waals surface area contributed by atoms with Gasteiger partial charge in [0.2, 0.25) is 0 Å². The van der Waals surface area contributed by atoms with Gasteiger partial charge < -0.3 is 0 Å². The number of aromatic nitrogens is 4. The van der Waals surface area contributed by atoms with E-state index in [1.54, 1.807) is 11.8 Å². The van der Waals surface area contributed by atoms with Crippen molar-refractivity contribution in [2.45, 2.75) is 44.7 Å². The smallest absolute Gasteiger partial charge is 0.267 e. The third kappa shape index (κ3) is 2.41. The van der Waals surface area contributed by atoms with E-state index in [9.17, 15) is 4.79 Å². The minimum absolute atomic E-state index is 0.0311. The second-order valence-corrected chi connectivity index (χ2v) is 6.43. The summed E-state index contributed by atoms with van der Waals surface area (Å²) in [4.78, 5) is 21.3. The molecule has 0 amide bonds. The van der Waals surface area contributed by atoms with E-state index in [1.165, 1.54) is 4.52 Å². The Balaban J connectivity index is 2.03. The first kappa shape index (κ1) is 12.7. The number of rotatable bonds is 3. The quantitative estimate of drug-likeness (QED) is 0.873. The van der Waals surface area contributed by atoms with E-state index >= 15 is 0 Å².